The Kier molecular flexibility index (Phi) is 6.34. The van der Waals surface area contributed by atoms with Gasteiger partial charge in [-0.05, 0) is 37.5 Å². The van der Waals surface area contributed by atoms with Crippen molar-refractivity contribution in [1.82, 2.24) is 24.9 Å². The van der Waals surface area contributed by atoms with E-state index < -0.39 is 0 Å². The lowest BCUT2D eigenvalue weighted by molar-refractivity contribution is -0.116. The topological polar surface area (TPSA) is 98.7 Å². The van der Waals surface area contributed by atoms with E-state index in [1.165, 1.54) is 6.07 Å². The molecule has 0 unspecified atom stereocenters. The van der Waals surface area contributed by atoms with E-state index >= 15 is 0 Å². The maximum atomic E-state index is 14.6. The molecule has 32 heavy (non-hydrogen) atoms. The monoisotopic (exact) mass is 440 g/mol. The summed E-state index contributed by atoms with van der Waals surface area (Å²) in [6, 6.07) is 4.54. The van der Waals surface area contributed by atoms with Gasteiger partial charge in [0.05, 0.1) is 5.56 Å². The first-order valence-corrected chi connectivity index (χ1v) is 11.2. The number of fused-ring (bicyclic) bond motifs is 1. The van der Waals surface area contributed by atoms with Crippen molar-refractivity contribution in [3.63, 3.8) is 0 Å². The van der Waals surface area contributed by atoms with Crippen LogP contribution in [0.3, 0.4) is 0 Å². The molecular weight excluding hydrogens is 411 g/mol. The molecule has 0 spiro atoms. The van der Waals surface area contributed by atoms with Gasteiger partial charge in [0.15, 0.2) is 11.6 Å². The maximum absolute atomic E-state index is 14.6. The molecule has 0 saturated heterocycles. The number of nitrogens with zero attached hydrogens (tertiary/aromatic N) is 5. The van der Waals surface area contributed by atoms with Gasteiger partial charge in [0.1, 0.15) is 11.6 Å². The summed E-state index contributed by atoms with van der Waals surface area (Å²) in [6.07, 6.45) is 5.46. The van der Waals surface area contributed by atoms with Gasteiger partial charge in [-0.25, -0.2) is 4.39 Å². The number of anilines is 1. The summed E-state index contributed by atoms with van der Waals surface area (Å²) in [5, 5.41) is 15.3. The Morgan fingerprint density at radius 3 is 2.84 bits per heavy atom. The van der Waals surface area contributed by atoms with Gasteiger partial charge in [-0.15, -0.1) is 10.2 Å². The quantitative estimate of drug-likeness (QED) is 0.608. The largest absolute Gasteiger partial charge is 0.339 e. The Hall–Kier alpha value is -3.10. The van der Waals surface area contributed by atoms with E-state index in [0.29, 0.717) is 48.1 Å². The molecule has 170 valence electrons. The number of hydrogen-bond acceptors (Lipinski definition) is 6. The van der Waals surface area contributed by atoms with Crippen LogP contribution in [0.25, 0.3) is 11.4 Å². The van der Waals surface area contributed by atoms with Gasteiger partial charge in [0, 0.05) is 36.9 Å². The number of carbonyl (C=O) groups excluding carboxylic acids is 1. The van der Waals surface area contributed by atoms with Crippen molar-refractivity contribution in [2.45, 2.75) is 77.7 Å². The Balaban J connectivity index is 1.38. The minimum atomic E-state index is -0.381. The lowest BCUT2D eigenvalue weighted by atomic mass is 9.96. The molecule has 1 amide bonds. The number of amides is 1. The minimum absolute atomic E-state index is 0.154. The number of halogens is 1. The molecule has 8 nitrogen and oxygen atoms in total. The van der Waals surface area contributed by atoms with E-state index in [4.69, 9.17) is 4.52 Å². The van der Waals surface area contributed by atoms with Crippen LogP contribution >= 0.6 is 0 Å². The van der Waals surface area contributed by atoms with E-state index in [-0.39, 0.29) is 17.1 Å². The van der Waals surface area contributed by atoms with Gasteiger partial charge in [0.25, 0.3) is 0 Å². The normalized spacial score (nSPS) is 14.1. The van der Waals surface area contributed by atoms with Gasteiger partial charge in [-0.1, -0.05) is 32.3 Å². The highest BCUT2D eigenvalue weighted by atomic mass is 19.1. The number of aryl methyl sites for hydroxylation is 2. The molecule has 1 aliphatic rings. The van der Waals surface area contributed by atoms with Crippen LogP contribution in [-0.4, -0.2) is 30.8 Å². The number of benzene rings is 1. The number of carbonyl (C=O) groups is 1. The Morgan fingerprint density at radius 2 is 2.06 bits per heavy atom. The van der Waals surface area contributed by atoms with Crippen LogP contribution in [0, 0.1) is 5.82 Å². The summed E-state index contributed by atoms with van der Waals surface area (Å²) < 4.78 is 21.9. The summed E-state index contributed by atoms with van der Waals surface area (Å²) in [4.78, 5) is 16.8. The highest BCUT2D eigenvalue weighted by Crippen LogP contribution is 2.27. The Bertz CT molecular complexity index is 1100. The van der Waals surface area contributed by atoms with Crippen LogP contribution in [0.2, 0.25) is 0 Å². The van der Waals surface area contributed by atoms with Crippen LogP contribution in [0.5, 0.6) is 0 Å². The average Bonchev–Trinajstić information content (AvgIpc) is 3.31. The van der Waals surface area contributed by atoms with Crippen molar-refractivity contribution in [2.75, 3.05) is 5.32 Å². The molecule has 3 aromatic rings. The molecule has 1 N–H and O–H groups in total. The summed E-state index contributed by atoms with van der Waals surface area (Å²) in [5.41, 5.74) is 0.705. The van der Waals surface area contributed by atoms with Crippen LogP contribution < -0.4 is 5.32 Å². The standard InChI is InChI=1S/C23H29FN6O2/c1-23(2,3)22-26-20(32-29-22)10-7-9-19(31)25-15-11-12-17(24)16(14-15)21-28-27-18-8-5-4-6-13-30(18)21/h11-12,14H,4-10,13H2,1-3H3,(H,25,31). The van der Waals surface area contributed by atoms with E-state index in [9.17, 15) is 9.18 Å². The molecule has 0 fully saturated rings. The van der Waals surface area contributed by atoms with E-state index in [1.54, 1.807) is 12.1 Å². The Morgan fingerprint density at radius 1 is 1.22 bits per heavy atom. The number of nitrogens with one attached hydrogen (secondary N) is 1. The maximum Gasteiger partial charge on any atom is 0.226 e. The van der Waals surface area contributed by atoms with Gasteiger partial charge >= 0.3 is 0 Å². The summed E-state index contributed by atoms with van der Waals surface area (Å²) in [5.74, 6) is 2.05. The molecule has 0 atom stereocenters. The van der Waals surface area contributed by atoms with Gasteiger partial charge < -0.3 is 14.4 Å². The molecule has 1 aromatic carbocycles. The van der Waals surface area contributed by atoms with Crippen molar-refractivity contribution < 1.29 is 13.7 Å². The number of aromatic nitrogens is 5. The lowest BCUT2D eigenvalue weighted by Gasteiger charge is -2.11. The van der Waals surface area contributed by atoms with Gasteiger partial charge in [0.2, 0.25) is 11.8 Å². The smallest absolute Gasteiger partial charge is 0.226 e. The molecule has 9 heteroatoms. The third-order valence-corrected chi connectivity index (χ3v) is 5.53. The summed E-state index contributed by atoms with van der Waals surface area (Å²) in [7, 11) is 0. The highest BCUT2D eigenvalue weighted by Gasteiger charge is 2.21. The molecule has 0 bridgehead atoms. The third-order valence-electron chi connectivity index (χ3n) is 5.53. The first kappa shape index (κ1) is 22.1. The van der Waals surface area contributed by atoms with Crippen molar-refractivity contribution in [2.24, 2.45) is 0 Å². The fraction of sp³-hybridized carbons (Fsp3) is 0.522. The van der Waals surface area contributed by atoms with Crippen LogP contribution in [0.15, 0.2) is 22.7 Å². The first-order valence-electron chi connectivity index (χ1n) is 11.2. The summed E-state index contributed by atoms with van der Waals surface area (Å²) in [6.45, 7) is 6.83. The molecule has 0 radical (unpaired) electrons. The minimum Gasteiger partial charge on any atom is -0.339 e. The van der Waals surface area contributed by atoms with Crippen molar-refractivity contribution in [1.29, 1.82) is 0 Å². The summed E-state index contributed by atoms with van der Waals surface area (Å²) >= 11 is 0. The zero-order valence-corrected chi connectivity index (χ0v) is 18.8. The Labute approximate surface area is 186 Å². The third kappa shape index (κ3) is 5.03. The lowest BCUT2D eigenvalue weighted by Crippen LogP contribution is -2.13. The molecule has 0 aliphatic carbocycles. The van der Waals surface area contributed by atoms with E-state index in [0.717, 1.165) is 38.1 Å². The molecule has 0 saturated carbocycles. The highest BCUT2D eigenvalue weighted by molar-refractivity contribution is 5.91. The van der Waals surface area contributed by atoms with Gasteiger partial charge in [-0.3, -0.25) is 4.79 Å². The van der Waals surface area contributed by atoms with Crippen LogP contribution in [-0.2, 0) is 29.6 Å². The van der Waals surface area contributed by atoms with E-state index in [2.05, 4.69) is 25.7 Å². The fourth-order valence-corrected chi connectivity index (χ4v) is 3.74. The molecule has 3 heterocycles. The van der Waals surface area contributed by atoms with Crippen LogP contribution in [0.4, 0.5) is 10.1 Å². The molecule has 4 rings (SSSR count). The second-order valence-corrected chi connectivity index (χ2v) is 9.26. The second-order valence-electron chi connectivity index (χ2n) is 9.26. The zero-order chi connectivity index (χ0) is 22.7. The SMILES string of the molecule is CC(C)(C)c1noc(CCCC(=O)Nc2ccc(F)c(-c3nnc4n3CCCCC4)c2)n1. The first-order chi connectivity index (χ1) is 15.3. The van der Waals surface area contributed by atoms with Crippen molar-refractivity contribution >= 4 is 11.6 Å². The predicted molar refractivity (Wildman–Crippen MR) is 118 cm³/mol. The molecule has 2 aromatic heterocycles. The number of hydrogen-bond donors (Lipinski definition) is 1. The van der Waals surface area contributed by atoms with Crippen molar-refractivity contribution in [3.8, 4) is 11.4 Å². The predicted octanol–water partition coefficient (Wildman–Crippen LogP) is 4.45. The van der Waals surface area contributed by atoms with Crippen LogP contribution in [0.1, 0.15) is 70.4 Å². The number of rotatable bonds is 6. The fourth-order valence-electron chi connectivity index (χ4n) is 3.74. The van der Waals surface area contributed by atoms with Gasteiger partial charge in [-0.2, -0.15) is 4.98 Å². The van der Waals surface area contributed by atoms with E-state index in [1.807, 2.05) is 25.3 Å². The molecular formula is C23H29FN6O2. The van der Waals surface area contributed by atoms with Crippen molar-refractivity contribution in [3.05, 3.63) is 41.6 Å². The zero-order valence-electron chi connectivity index (χ0n) is 18.8. The second kappa shape index (κ2) is 9.18. The molecule has 1 aliphatic heterocycles. The average molecular weight is 441 g/mol.